The monoisotopic (exact) mass is 409 g/mol. The van der Waals surface area contributed by atoms with Crippen molar-refractivity contribution in [2.45, 2.75) is 25.7 Å². The van der Waals surface area contributed by atoms with E-state index in [4.69, 9.17) is 9.47 Å². The van der Waals surface area contributed by atoms with Crippen LogP contribution in [0.15, 0.2) is 40.1 Å². The van der Waals surface area contributed by atoms with Crippen molar-refractivity contribution in [1.29, 1.82) is 0 Å². The Bertz CT molecular complexity index is 780. The summed E-state index contributed by atoms with van der Waals surface area (Å²) in [5, 5.41) is 7.33. The summed E-state index contributed by atoms with van der Waals surface area (Å²) in [6.07, 6.45) is 2.10. The Kier molecular flexibility index (Phi) is 6.33. The molecule has 0 aliphatic carbocycles. The zero-order chi connectivity index (χ0) is 18.4. The number of hydrogen-bond acceptors (Lipinski definition) is 6. The molecule has 0 spiro atoms. The molecule has 0 aliphatic heterocycles. The Morgan fingerprint density at radius 3 is 2.80 bits per heavy atom. The first-order valence-electron chi connectivity index (χ1n) is 7.49. The van der Waals surface area contributed by atoms with Crippen molar-refractivity contribution in [3.8, 4) is 5.75 Å². The van der Waals surface area contributed by atoms with Gasteiger partial charge >= 0.3 is 0 Å². The molecule has 25 heavy (non-hydrogen) atoms. The average Bonchev–Trinajstić information content (AvgIpc) is 2.57. The number of ether oxygens (including phenoxy) is 2. The number of halogens is 1. The summed E-state index contributed by atoms with van der Waals surface area (Å²) < 4.78 is 11.7. The summed E-state index contributed by atoms with van der Waals surface area (Å²) in [6.45, 7) is 3.55. The Balaban J connectivity index is 2.13. The zero-order valence-corrected chi connectivity index (χ0v) is 16.0. The maximum Gasteiger partial charge on any atom is 0.290 e. The number of pyridine rings is 1. The van der Waals surface area contributed by atoms with Crippen molar-refractivity contribution in [3.63, 3.8) is 0 Å². The van der Waals surface area contributed by atoms with Gasteiger partial charge in [0.2, 0.25) is 0 Å². The summed E-state index contributed by atoms with van der Waals surface area (Å²) in [4.78, 5) is 21.3. The highest BCUT2D eigenvalue weighted by Gasteiger charge is 2.26. The number of aromatic nitrogens is 1. The van der Waals surface area contributed by atoms with E-state index in [9.17, 15) is 4.79 Å². The molecule has 1 N–H and O–H groups in total. The number of methoxy groups -OCH3 is 1. The minimum Gasteiger partial charge on any atom is -0.455 e. The lowest BCUT2D eigenvalue weighted by atomic mass is 10.1. The lowest BCUT2D eigenvalue weighted by molar-refractivity contribution is -0.149. The van der Waals surface area contributed by atoms with Crippen LogP contribution in [-0.2, 0) is 14.4 Å². The first-order chi connectivity index (χ1) is 11.8. The number of hydrogen-bond donors (Lipinski definition) is 1. The Hall–Kier alpha value is -2.19. The molecule has 0 saturated carbocycles. The first kappa shape index (κ1) is 19.1. The summed E-state index contributed by atoms with van der Waals surface area (Å²) >= 11 is 3.38. The minimum absolute atomic E-state index is 0.428. The third kappa shape index (κ3) is 5.40. The summed E-state index contributed by atoms with van der Waals surface area (Å²) in [7, 11) is 2.84. The molecule has 1 atom stereocenters. The van der Waals surface area contributed by atoms with Gasteiger partial charge < -0.3 is 19.6 Å². The number of carbonyl (C=O) groups excluding carboxylic acids is 1. The molecule has 8 heteroatoms. The van der Waals surface area contributed by atoms with Gasteiger partial charge in [-0.25, -0.2) is 0 Å². The van der Waals surface area contributed by atoms with Gasteiger partial charge in [-0.15, -0.1) is 0 Å². The van der Waals surface area contributed by atoms with Crippen LogP contribution in [0.5, 0.6) is 5.75 Å². The predicted octanol–water partition coefficient (Wildman–Crippen LogP) is 2.88. The van der Waals surface area contributed by atoms with E-state index in [1.165, 1.54) is 20.4 Å². The third-order valence-corrected chi connectivity index (χ3v) is 3.65. The first-order valence-corrected chi connectivity index (χ1v) is 8.28. The number of oxime groups is 1. The van der Waals surface area contributed by atoms with Crippen molar-refractivity contribution in [2.75, 3.05) is 14.2 Å². The van der Waals surface area contributed by atoms with Gasteiger partial charge in [0.25, 0.3) is 12.2 Å². The van der Waals surface area contributed by atoms with Crippen LogP contribution in [0.2, 0.25) is 0 Å². The molecule has 2 rings (SSSR count). The van der Waals surface area contributed by atoms with Gasteiger partial charge in [-0.1, -0.05) is 5.16 Å². The third-order valence-electron chi connectivity index (χ3n) is 3.22. The molecule has 1 aromatic carbocycles. The maximum atomic E-state index is 12.4. The number of amides is 1. The number of benzene rings is 1. The molecule has 0 aliphatic rings. The van der Waals surface area contributed by atoms with E-state index in [0.29, 0.717) is 5.75 Å². The van der Waals surface area contributed by atoms with Crippen LogP contribution in [0.25, 0.3) is 10.9 Å². The molecule has 0 radical (unpaired) electrons. The average molecular weight is 410 g/mol. The molecule has 7 nitrogen and oxygen atoms in total. The number of rotatable bonds is 7. The minimum atomic E-state index is -1.10. The summed E-state index contributed by atoms with van der Waals surface area (Å²) in [6, 6.07) is 7.27. The van der Waals surface area contributed by atoms with Crippen molar-refractivity contribution >= 4 is 39.0 Å². The standard InChI is InChI=1S/C17H20BrN3O4/c1-17(2,10-20-24-4)21-15(22)16(23-3)25-13-5-6-14-11(8-13)7-12(18)9-19-14/h5-10,16H,1-4H3,(H,21,22)/b20-10+. The van der Waals surface area contributed by atoms with E-state index in [-0.39, 0.29) is 0 Å². The van der Waals surface area contributed by atoms with Gasteiger partial charge in [-0.05, 0) is 54.0 Å². The van der Waals surface area contributed by atoms with Crippen molar-refractivity contribution in [2.24, 2.45) is 5.16 Å². The lowest BCUT2D eigenvalue weighted by Crippen LogP contribution is -2.51. The van der Waals surface area contributed by atoms with Crippen LogP contribution in [0.4, 0.5) is 0 Å². The second kappa shape index (κ2) is 8.26. The van der Waals surface area contributed by atoms with Crippen LogP contribution in [-0.4, -0.2) is 43.2 Å². The number of fused-ring (bicyclic) bond motifs is 1. The van der Waals surface area contributed by atoms with Gasteiger partial charge in [-0.2, -0.15) is 0 Å². The lowest BCUT2D eigenvalue weighted by Gasteiger charge is -2.24. The van der Waals surface area contributed by atoms with E-state index in [1.807, 2.05) is 12.1 Å². The molecule has 0 saturated heterocycles. The number of carbonyl (C=O) groups is 1. The van der Waals surface area contributed by atoms with Crippen LogP contribution in [0.1, 0.15) is 13.8 Å². The second-order valence-corrected chi connectivity index (χ2v) is 6.74. The molecule has 0 fully saturated rings. The molecule has 1 unspecified atom stereocenters. The summed E-state index contributed by atoms with van der Waals surface area (Å²) in [5.41, 5.74) is 0.108. The van der Waals surface area contributed by atoms with E-state index in [2.05, 4.69) is 36.2 Å². The molecule has 0 bridgehead atoms. The van der Waals surface area contributed by atoms with Gasteiger partial charge in [0, 0.05) is 23.2 Å². The number of nitrogens with zero attached hydrogens (tertiary/aromatic N) is 2. The van der Waals surface area contributed by atoms with Crippen LogP contribution < -0.4 is 10.1 Å². The fraction of sp³-hybridized carbons (Fsp3) is 0.353. The zero-order valence-electron chi connectivity index (χ0n) is 14.4. The smallest absolute Gasteiger partial charge is 0.290 e. The molecule has 1 aromatic heterocycles. The number of nitrogens with one attached hydrogen (secondary N) is 1. The molecular formula is C17H20BrN3O4. The van der Waals surface area contributed by atoms with Gasteiger partial charge in [-0.3, -0.25) is 9.78 Å². The van der Waals surface area contributed by atoms with Gasteiger partial charge in [0.1, 0.15) is 12.9 Å². The largest absolute Gasteiger partial charge is 0.455 e. The molecule has 2 aromatic rings. The van der Waals surface area contributed by atoms with Crippen LogP contribution >= 0.6 is 15.9 Å². The van der Waals surface area contributed by atoms with E-state index in [1.54, 1.807) is 32.2 Å². The van der Waals surface area contributed by atoms with Gasteiger partial charge in [0.15, 0.2) is 0 Å². The highest BCUT2D eigenvalue weighted by molar-refractivity contribution is 9.10. The molecule has 1 amide bonds. The molecule has 1 heterocycles. The fourth-order valence-electron chi connectivity index (χ4n) is 2.08. The van der Waals surface area contributed by atoms with E-state index in [0.717, 1.165) is 15.4 Å². The van der Waals surface area contributed by atoms with Crippen molar-refractivity contribution < 1.29 is 19.1 Å². The normalized spacial score (nSPS) is 13.0. The highest BCUT2D eigenvalue weighted by atomic mass is 79.9. The SMILES string of the molecule is CO/N=C/C(C)(C)NC(=O)C(OC)Oc1ccc2ncc(Br)cc2c1. The topological polar surface area (TPSA) is 82.0 Å². The van der Waals surface area contributed by atoms with Crippen LogP contribution in [0.3, 0.4) is 0 Å². The maximum absolute atomic E-state index is 12.4. The van der Waals surface area contributed by atoms with Crippen molar-refractivity contribution in [1.82, 2.24) is 10.3 Å². The Morgan fingerprint density at radius 2 is 2.12 bits per heavy atom. The quantitative estimate of drug-likeness (QED) is 0.431. The van der Waals surface area contributed by atoms with Crippen molar-refractivity contribution in [3.05, 3.63) is 34.9 Å². The van der Waals surface area contributed by atoms with E-state index < -0.39 is 17.7 Å². The summed E-state index contributed by atoms with van der Waals surface area (Å²) in [5.74, 6) is 0.0697. The second-order valence-electron chi connectivity index (χ2n) is 5.82. The van der Waals surface area contributed by atoms with Gasteiger partial charge in [0.05, 0.1) is 17.3 Å². The Morgan fingerprint density at radius 1 is 1.36 bits per heavy atom. The Labute approximate surface area is 154 Å². The van der Waals surface area contributed by atoms with E-state index >= 15 is 0 Å². The molecule has 134 valence electrons. The predicted molar refractivity (Wildman–Crippen MR) is 98.6 cm³/mol. The molecular weight excluding hydrogens is 390 g/mol. The van der Waals surface area contributed by atoms with Crippen LogP contribution in [0, 0.1) is 0 Å². The highest BCUT2D eigenvalue weighted by Crippen LogP contribution is 2.23. The fourth-order valence-corrected chi connectivity index (χ4v) is 2.43.